The van der Waals surface area contributed by atoms with Gasteiger partial charge in [0.15, 0.2) is 29.0 Å². The molecule has 0 radical (unpaired) electrons. The average molecular weight is 567 g/mol. The molecule has 0 bridgehead atoms. The highest BCUT2D eigenvalue weighted by molar-refractivity contribution is 7.12. The predicted molar refractivity (Wildman–Crippen MR) is 136 cm³/mol. The van der Waals surface area contributed by atoms with Crippen LogP contribution in [0.3, 0.4) is 0 Å². The number of nitrogens with one attached hydrogen (secondary N) is 2. The number of carbonyl (C=O) groups is 2. The van der Waals surface area contributed by atoms with E-state index in [0.29, 0.717) is 5.56 Å². The van der Waals surface area contributed by atoms with Crippen molar-refractivity contribution in [3.8, 4) is 17.2 Å². The molecule has 2 N–H and O–H groups in total. The zero-order chi connectivity index (χ0) is 28.1. The molecule has 1 heterocycles. The van der Waals surface area contributed by atoms with Crippen molar-refractivity contribution in [2.75, 3.05) is 32.0 Å². The molecule has 2 aromatic carbocycles. The van der Waals surface area contributed by atoms with Gasteiger partial charge in [0.05, 0.1) is 43.9 Å². The van der Waals surface area contributed by atoms with Gasteiger partial charge in [-0.05, 0) is 25.0 Å². The first-order chi connectivity index (χ1) is 18.7. The number of halogens is 3. The molecule has 0 unspecified atom stereocenters. The van der Waals surface area contributed by atoms with Gasteiger partial charge in [-0.25, -0.2) is 22.8 Å². The average Bonchev–Trinajstić information content (AvgIpc) is 3.66. The number of methoxy groups -OCH3 is 3. The summed E-state index contributed by atoms with van der Waals surface area (Å²) in [6, 6.07) is 3.59. The van der Waals surface area contributed by atoms with Gasteiger partial charge >= 0.3 is 12.0 Å². The van der Waals surface area contributed by atoms with Crippen molar-refractivity contribution >= 4 is 34.7 Å². The summed E-state index contributed by atoms with van der Waals surface area (Å²) in [6.45, 7) is -0.445. The summed E-state index contributed by atoms with van der Waals surface area (Å²) < 4.78 is 69.6. The predicted octanol–water partition coefficient (Wildman–Crippen LogP) is 5.87. The van der Waals surface area contributed by atoms with E-state index < -0.39 is 36.1 Å². The fraction of sp³-hybridized carbons (Fsp3) is 0.308. The highest BCUT2D eigenvalue weighted by Gasteiger charge is 2.27. The number of hydrogen-bond donors (Lipinski definition) is 2. The Bertz CT molecular complexity index is 1380. The summed E-state index contributed by atoms with van der Waals surface area (Å²) in [7, 11) is 3.96. The second-order valence-corrected chi connectivity index (χ2v) is 9.27. The number of amides is 2. The Kier molecular flexibility index (Phi) is 8.82. The standard InChI is InChI=1S/C26H25F3N2O7S/c1-34-10-14-19(12-39-24(14)25(32)36-3)31-26(33)30-18-9-21(22(8-17(18)28)38-13-4-5-13)37-11-15-20(35-2)7-6-16(27)23(15)29/h6-9,12-13H,4-5,10-11H2,1-3H3,(H2,30,31,33). The smallest absolute Gasteiger partial charge is 0.348 e. The lowest BCUT2D eigenvalue weighted by Gasteiger charge is -2.17. The molecule has 0 saturated heterocycles. The molecule has 208 valence electrons. The van der Waals surface area contributed by atoms with Crippen LogP contribution in [0.4, 0.5) is 29.3 Å². The van der Waals surface area contributed by atoms with E-state index in [1.807, 2.05) is 0 Å². The fourth-order valence-electron chi connectivity index (χ4n) is 3.57. The van der Waals surface area contributed by atoms with Crippen LogP contribution in [-0.2, 0) is 22.7 Å². The molecular formula is C26H25F3N2O7S. The van der Waals surface area contributed by atoms with Crippen LogP contribution in [0, 0.1) is 17.5 Å². The third-order valence-electron chi connectivity index (χ3n) is 5.65. The Morgan fingerprint density at radius 1 is 0.923 bits per heavy atom. The van der Waals surface area contributed by atoms with Gasteiger partial charge in [-0.1, -0.05) is 0 Å². The number of esters is 1. The molecule has 3 aromatic rings. The zero-order valence-corrected chi connectivity index (χ0v) is 22.0. The fourth-order valence-corrected chi connectivity index (χ4v) is 4.49. The molecule has 0 spiro atoms. The molecule has 39 heavy (non-hydrogen) atoms. The Labute approximate surface area is 225 Å². The number of thiophene rings is 1. The van der Waals surface area contributed by atoms with Crippen LogP contribution in [0.2, 0.25) is 0 Å². The first-order valence-corrected chi connectivity index (χ1v) is 12.5. The van der Waals surface area contributed by atoms with Crippen LogP contribution in [0.25, 0.3) is 0 Å². The molecule has 0 atom stereocenters. The number of carbonyl (C=O) groups excluding carboxylic acids is 2. The number of rotatable bonds is 11. The monoisotopic (exact) mass is 566 g/mol. The van der Waals surface area contributed by atoms with Gasteiger partial charge in [0.25, 0.3) is 0 Å². The third-order valence-corrected chi connectivity index (χ3v) is 6.65. The normalized spacial score (nSPS) is 12.6. The van der Waals surface area contributed by atoms with E-state index in [9.17, 15) is 22.8 Å². The SMILES string of the molecule is COCc1c(NC(=O)Nc2cc(OCc3c(OC)ccc(F)c3F)c(OC3CC3)cc2F)csc1C(=O)OC. The van der Waals surface area contributed by atoms with Gasteiger partial charge in [-0.15, -0.1) is 11.3 Å². The van der Waals surface area contributed by atoms with Crippen LogP contribution in [0.15, 0.2) is 29.6 Å². The second-order valence-electron chi connectivity index (χ2n) is 8.39. The minimum Gasteiger partial charge on any atom is -0.496 e. The number of urea groups is 1. The van der Waals surface area contributed by atoms with Crippen molar-refractivity contribution in [1.82, 2.24) is 0 Å². The molecule has 0 aliphatic heterocycles. The Balaban J connectivity index is 1.56. The lowest BCUT2D eigenvalue weighted by atomic mass is 10.2. The molecule has 1 fully saturated rings. The summed E-state index contributed by atoms with van der Waals surface area (Å²) in [6.07, 6.45) is 1.41. The van der Waals surface area contributed by atoms with Gasteiger partial charge < -0.3 is 34.3 Å². The van der Waals surface area contributed by atoms with Gasteiger partial charge in [0.2, 0.25) is 0 Å². The van der Waals surface area contributed by atoms with E-state index in [-0.39, 0.29) is 51.8 Å². The summed E-state index contributed by atoms with van der Waals surface area (Å²) in [5.41, 5.74) is 0.220. The summed E-state index contributed by atoms with van der Waals surface area (Å²) in [5.74, 6) is -3.54. The first kappa shape index (κ1) is 28.0. The highest BCUT2D eigenvalue weighted by Crippen LogP contribution is 2.38. The number of hydrogen-bond acceptors (Lipinski definition) is 8. The minimum absolute atomic E-state index is 0.00658. The van der Waals surface area contributed by atoms with E-state index in [1.165, 1.54) is 38.8 Å². The van der Waals surface area contributed by atoms with Crippen molar-refractivity contribution < 1.29 is 46.4 Å². The van der Waals surface area contributed by atoms with Crippen LogP contribution in [-0.4, -0.2) is 39.4 Å². The molecule has 13 heteroatoms. The Morgan fingerprint density at radius 2 is 1.67 bits per heavy atom. The van der Waals surface area contributed by atoms with Crippen LogP contribution in [0.5, 0.6) is 17.2 Å². The van der Waals surface area contributed by atoms with Crippen molar-refractivity contribution in [1.29, 1.82) is 0 Å². The number of anilines is 2. The molecule has 1 aliphatic rings. The van der Waals surface area contributed by atoms with E-state index >= 15 is 0 Å². The highest BCUT2D eigenvalue weighted by atomic mass is 32.1. The topological polar surface area (TPSA) is 104 Å². The molecule has 9 nitrogen and oxygen atoms in total. The largest absolute Gasteiger partial charge is 0.496 e. The van der Waals surface area contributed by atoms with E-state index in [0.717, 1.165) is 36.3 Å². The maximum atomic E-state index is 15.0. The molecule has 1 saturated carbocycles. The van der Waals surface area contributed by atoms with Crippen molar-refractivity contribution in [3.63, 3.8) is 0 Å². The third kappa shape index (κ3) is 6.55. The summed E-state index contributed by atoms with van der Waals surface area (Å²) in [4.78, 5) is 25.0. The quantitative estimate of drug-likeness (QED) is 0.280. The van der Waals surface area contributed by atoms with E-state index in [4.69, 9.17) is 23.7 Å². The molecule has 2 amide bonds. The van der Waals surface area contributed by atoms with Crippen molar-refractivity contribution in [2.45, 2.75) is 32.2 Å². The Hall–Kier alpha value is -3.97. The lowest BCUT2D eigenvalue weighted by molar-refractivity contribution is 0.0602. The van der Waals surface area contributed by atoms with Gasteiger partial charge in [0.1, 0.15) is 17.2 Å². The number of ether oxygens (including phenoxy) is 5. The second kappa shape index (κ2) is 12.3. The number of benzene rings is 2. The lowest BCUT2D eigenvalue weighted by Crippen LogP contribution is -2.21. The van der Waals surface area contributed by atoms with Crippen LogP contribution < -0.4 is 24.8 Å². The van der Waals surface area contributed by atoms with Crippen LogP contribution >= 0.6 is 11.3 Å². The summed E-state index contributed by atoms with van der Waals surface area (Å²) in [5, 5.41) is 6.47. The molecule has 1 aliphatic carbocycles. The molecular weight excluding hydrogens is 541 g/mol. The van der Waals surface area contributed by atoms with Crippen LogP contribution in [0.1, 0.15) is 33.6 Å². The summed E-state index contributed by atoms with van der Waals surface area (Å²) >= 11 is 1.05. The van der Waals surface area contributed by atoms with Crippen molar-refractivity contribution in [2.24, 2.45) is 0 Å². The maximum Gasteiger partial charge on any atom is 0.348 e. The van der Waals surface area contributed by atoms with E-state index in [2.05, 4.69) is 10.6 Å². The van der Waals surface area contributed by atoms with Crippen molar-refractivity contribution in [3.05, 3.63) is 63.1 Å². The van der Waals surface area contributed by atoms with E-state index in [1.54, 1.807) is 0 Å². The molecule has 1 aromatic heterocycles. The van der Waals surface area contributed by atoms with Gasteiger partial charge in [-0.2, -0.15) is 0 Å². The Morgan fingerprint density at radius 3 is 2.33 bits per heavy atom. The first-order valence-electron chi connectivity index (χ1n) is 11.6. The minimum atomic E-state index is -1.15. The van der Waals surface area contributed by atoms with Gasteiger partial charge in [0, 0.05) is 30.2 Å². The molecule has 4 rings (SSSR count). The maximum absolute atomic E-state index is 15.0. The zero-order valence-electron chi connectivity index (χ0n) is 21.2. The van der Waals surface area contributed by atoms with Gasteiger partial charge in [-0.3, -0.25) is 0 Å².